The van der Waals surface area contributed by atoms with Gasteiger partial charge < -0.3 is 5.32 Å². The smallest absolute Gasteiger partial charge is 0.0270 e. The standard InChI is InChI=1S/C14H22N2/c1-4-16-14(11-12(2)3)6-5-13-7-9-15-10-8-13/h7-10,14,16H,2,4-6,11H2,1,3H3. The zero-order valence-electron chi connectivity index (χ0n) is 10.4. The largest absolute Gasteiger partial charge is 0.314 e. The molecule has 0 amide bonds. The Morgan fingerprint density at radius 2 is 2.12 bits per heavy atom. The summed E-state index contributed by atoms with van der Waals surface area (Å²) in [6.07, 6.45) is 7.05. The first-order chi connectivity index (χ1) is 7.72. The first kappa shape index (κ1) is 12.9. The lowest BCUT2D eigenvalue weighted by atomic mass is 10.0. The molecule has 0 aliphatic rings. The number of aryl methyl sites for hydroxylation is 1. The summed E-state index contributed by atoms with van der Waals surface area (Å²) in [7, 11) is 0. The van der Waals surface area contributed by atoms with E-state index in [1.54, 1.807) is 0 Å². The van der Waals surface area contributed by atoms with Crippen molar-refractivity contribution in [2.75, 3.05) is 6.54 Å². The van der Waals surface area contributed by atoms with Crippen LogP contribution in [-0.2, 0) is 6.42 Å². The molecule has 0 saturated carbocycles. The molecule has 0 radical (unpaired) electrons. The van der Waals surface area contributed by atoms with Gasteiger partial charge in [-0.15, -0.1) is 6.58 Å². The highest BCUT2D eigenvalue weighted by Gasteiger charge is 2.07. The van der Waals surface area contributed by atoms with Gasteiger partial charge in [-0.3, -0.25) is 4.98 Å². The fraction of sp³-hybridized carbons (Fsp3) is 0.500. The highest BCUT2D eigenvalue weighted by atomic mass is 14.9. The zero-order chi connectivity index (χ0) is 11.8. The lowest BCUT2D eigenvalue weighted by Crippen LogP contribution is -2.29. The van der Waals surface area contributed by atoms with Crippen LogP contribution in [0.3, 0.4) is 0 Å². The van der Waals surface area contributed by atoms with Crippen LogP contribution in [0.5, 0.6) is 0 Å². The molecule has 2 heteroatoms. The minimum atomic E-state index is 0.552. The summed E-state index contributed by atoms with van der Waals surface area (Å²) in [6.45, 7) is 9.25. The van der Waals surface area contributed by atoms with E-state index in [0.29, 0.717) is 6.04 Å². The predicted molar refractivity (Wildman–Crippen MR) is 69.5 cm³/mol. The maximum absolute atomic E-state index is 4.03. The van der Waals surface area contributed by atoms with E-state index in [4.69, 9.17) is 0 Å². The highest BCUT2D eigenvalue weighted by Crippen LogP contribution is 2.10. The Labute approximate surface area is 98.8 Å². The van der Waals surface area contributed by atoms with Gasteiger partial charge in [0.15, 0.2) is 0 Å². The van der Waals surface area contributed by atoms with E-state index in [9.17, 15) is 0 Å². The molecule has 0 aromatic carbocycles. The van der Waals surface area contributed by atoms with E-state index in [1.165, 1.54) is 11.1 Å². The second kappa shape index (κ2) is 7.18. The minimum Gasteiger partial charge on any atom is -0.314 e. The van der Waals surface area contributed by atoms with Gasteiger partial charge in [-0.05, 0) is 50.4 Å². The Hall–Kier alpha value is -1.15. The lowest BCUT2D eigenvalue weighted by molar-refractivity contribution is 0.490. The molecule has 1 heterocycles. The van der Waals surface area contributed by atoms with Gasteiger partial charge in [0.1, 0.15) is 0 Å². The number of nitrogens with one attached hydrogen (secondary N) is 1. The van der Waals surface area contributed by atoms with Crippen molar-refractivity contribution in [1.29, 1.82) is 0 Å². The minimum absolute atomic E-state index is 0.552. The van der Waals surface area contributed by atoms with E-state index >= 15 is 0 Å². The molecule has 2 nitrogen and oxygen atoms in total. The van der Waals surface area contributed by atoms with E-state index in [0.717, 1.165) is 25.8 Å². The molecule has 1 rings (SSSR count). The van der Waals surface area contributed by atoms with Crippen molar-refractivity contribution in [2.24, 2.45) is 0 Å². The molecule has 88 valence electrons. The van der Waals surface area contributed by atoms with Crippen LogP contribution < -0.4 is 5.32 Å². The lowest BCUT2D eigenvalue weighted by Gasteiger charge is -2.17. The molecule has 1 aromatic rings. The van der Waals surface area contributed by atoms with Gasteiger partial charge in [-0.25, -0.2) is 0 Å². The molecule has 0 bridgehead atoms. The monoisotopic (exact) mass is 218 g/mol. The van der Waals surface area contributed by atoms with Crippen molar-refractivity contribution in [2.45, 2.75) is 39.2 Å². The topological polar surface area (TPSA) is 24.9 Å². The summed E-state index contributed by atoms with van der Waals surface area (Å²) in [6, 6.07) is 4.73. The molecule has 1 atom stereocenters. The summed E-state index contributed by atoms with van der Waals surface area (Å²) in [5, 5.41) is 3.51. The van der Waals surface area contributed by atoms with Gasteiger partial charge in [0, 0.05) is 18.4 Å². The van der Waals surface area contributed by atoms with Crippen LogP contribution in [0.1, 0.15) is 32.3 Å². The average Bonchev–Trinajstić information content (AvgIpc) is 2.27. The van der Waals surface area contributed by atoms with Crippen LogP contribution in [0.25, 0.3) is 0 Å². The fourth-order valence-electron chi connectivity index (χ4n) is 1.88. The van der Waals surface area contributed by atoms with E-state index in [2.05, 4.69) is 42.9 Å². The second-order valence-electron chi connectivity index (χ2n) is 4.31. The van der Waals surface area contributed by atoms with E-state index < -0.39 is 0 Å². The van der Waals surface area contributed by atoms with Gasteiger partial charge in [-0.2, -0.15) is 0 Å². The Morgan fingerprint density at radius 3 is 2.69 bits per heavy atom. The summed E-state index contributed by atoms with van der Waals surface area (Å²) < 4.78 is 0. The molecule has 0 saturated heterocycles. The second-order valence-corrected chi connectivity index (χ2v) is 4.31. The van der Waals surface area contributed by atoms with Crippen molar-refractivity contribution in [1.82, 2.24) is 10.3 Å². The predicted octanol–water partition coefficient (Wildman–Crippen LogP) is 2.96. The highest BCUT2D eigenvalue weighted by molar-refractivity contribution is 5.10. The van der Waals surface area contributed by atoms with Gasteiger partial charge >= 0.3 is 0 Å². The first-order valence-electron chi connectivity index (χ1n) is 5.99. The SMILES string of the molecule is C=C(C)CC(CCc1ccncc1)NCC. The number of nitrogens with zero attached hydrogens (tertiary/aromatic N) is 1. The Balaban J connectivity index is 2.40. The summed E-state index contributed by atoms with van der Waals surface area (Å²) in [5.74, 6) is 0. The number of hydrogen-bond donors (Lipinski definition) is 1. The molecule has 0 fully saturated rings. The third kappa shape index (κ3) is 5.08. The van der Waals surface area contributed by atoms with Crippen molar-refractivity contribution in [3.05, 3.63) is 42.2 Å². The van der Waals surface area contributed by atoms with Gasteiger partial charge in [0.05, 0.1) is 0 Å². The van der Waals surface area contributed by atoms with Crippen LogP contribution in [0.4, 0.5) is 0 Å². The summed E-state index contributed by atoms with van der Waals surface area (Å²) in [4.78, 5) is 4.03. The maximum atomic E-state index is 4.03. The number of aromatic nitrogens is 1. The van der Waals surface area contributed by atoms with Crippen LogP contribution in [0, 0.1) is 0 Å². The zero-order valence-corrected chi connectivity index (χ0v) is 10.4. The molecule has 0 aliphatic heterocycles. The normalized spacial score (nSPS) is 12.4. The van der Waals surface area contributed by atoms with Crippen LogP contribution in [0.2, 0.25) is 0 Å². The van der Waals surface area contributed by atoms with Crippen molar-refractivity contribution in [3.63, 3.8) is 0 Å². The van der Waals surface area contributed by atoms with E-state index in [1.807, 2.05) is 12.4 Å². The molecular formula is C14H22N2. The summed E-state index contributed by atoms with van der Waals surface area (Å²) >= 11 is 0. The van der Waals surface area contributed by atoms with Crippen LogP contribution in [0.15, 0.2) is 36.7 Å². The Morgan fingerprint density at radius 1 is 1.44 bits per heavy atom. The Kier molecular flexibility index (Phi) is 5.79. The van der Waals surface area contributed by atoms with Crippen molar-refractivity contribution < 1.29 is 0 Å². The third-order valence-corrected chi connectivity index (χ3v) is 2.62. The molecule has 0 aliphatic carbocycles. The first-order valence-corrected chi connectivity index (χ1v) is 5.99. The van der Waals surface area contributed by atoms with Gasteiger partial charge in [-0.1, -0.05) is 12.5 Å². The number of rotatable bonds is 7. The van der Waals surface area contributed by atoms with Crippen LogP contribution >= 0.6 is 0 Å². The van der Waals surface area contributed by atoms with Crippen molar-refractivity contribution >= 4 is 0 Å². The Bertz CT molecular complexity index is 306. The molecular weight excluding hydrogens is 196 g/mol. The average molecular weight is 218 g/mol. The number of pyridine rings is 1. The fourth-order valence-corrected chi connectivity index (χ4v) is 1.88. The molecule has 1 N–H and O–H groups in total. The van der Waals surface area contributed by atoms with Crippen molar-refractivity contribution in [3.8, 4) is 0 Å². The molecule has 16 heavy (non-hydrogen) atoms. The quantitative estimate of drug-likeness (QED) is 0.712. The molecule has 1 aromatic heterocycles. The van der Waals surface area contributed by atoms with E-state index in [-0.39, 0.29) is 0 Å². The van der Waals surface area contributed by atoms with Gasteiger partial charge in [0.2, 0.25) is 0 Å². The summed E-state index contributed by atoms with van der Waals surface area (Å²) in [5.41, 5.74) is 2.61. The number of hydrogen-bond acceptors (Lipinski definition) is 2. The van der Waals surface area contributed by atoms with Gasteiger partial charge in [0.25, 0.3) is 0 Å². The maximum Gasteiger partial charge on any atom is 0.0270 e. The third-order valence-electron chi connectivity index (χ3n) is 2.62. The van der Waals surface area contributed by atoms with Crippen LogP contribution in [-0.4, -0.2) is 17.6 Å². The molecule has 1 unspecified atom stereocenters. The molecule has 0 spiro atoms.